The van der Waals surface area contributed by atoms with E-state index in [0.717, 1.165) is 18.9 Å². The van der Waals surface area contributed by atoms with Crippen molar-refractivity contribution in [1.29, 1.82) is 0 Å². The first-order chi connectivity index (χ1) is 9.11. The van der Waals surface area contributed by atoms with Gasteiger partial charge in [-0.3, -0.25) is 0 Å². The molecule has 19 heavy (non-hydrogen) atoms. The summed E-state index contributed by atoms with van der Waals surface area (Å²) < 4.78 is 0. The lowest BCUT2D eigenvalue weighted by atomic mass is 9.70. The first-order valence-electron chi connectivity index (χ1n) is 7.90. The summed E-state index contributed by atoms with van der Waals surface area (Å²) in [6, 6.07) is 9.30. The van der Waals surface area contributed by atoms with E-state index in [-0.39, 0.29) is 0 Å². The Balaban J connectivity index is 2.01. The van der Waals surface area contributed by atoms with Gasteiger partial charge in [-0.25, -0.2) is 0 Å². The van der Waals surface area contributed by atoms with Gasteiger partial charge in [-0.1, -0.05) is 44.5 Å². The van der Waals surface area contributed by atoms with Crippen molar-refractivity contribution in [3.63, 3.8) is 0 Å². The van der Waals surface area contributed by atoms with Gasteiger partial charge in [-0.15, -0.1) is 0 Å². The smallest absolute Gasteiger partial charge is 0.00772 e. The average Bonchev–Trinajstić information content (AvgIpc) is 2.38. The maximum atomic E-state index is 5.57. The van der Waals surface area contributed by atoms with Gasteiger partial charge in [0, 0.05) is 0 Å². The Morgan fingerprint density at radius 3 is 2.84 bits per heavy atom. The Kier molecular flexibility index (Phi) is 5.04. The lowest BCUT2D eigenvalue weighted by Gasteiger charge is -2.35. The number of benzene rings is 1. The number of rotatable bonds is 5. The van der Waals surface area contributed by atoms with Crippen molar-refractivity contribution in [2.24, 2.45) is 11.1 Å². The molecule has 1 aromatic rings. The van der Waals surface area contributed by atoms with Crippen molar-refractivity contribution >= 4 is 0 Å². The van der Waals surface area contributed by atoms with Crippen molar-refractivity contribution in [3.05, 3.63) is 35.4 Å². The molecule has 2 N–H and O–H groups in total. The van der Waals surface area contributed by atoms with E-state index in [2.05, 4.69) is 38.1 Å². The van der Waals surface area contributed by atoms with E-state index >= 15 is 0 Å². The van der Waals surface area contributed by atoms with Gasteiger partial charge in [0.15, 0.2) is 0 Å². The molecule has 0 bridgehead atoms. The van der Waals surface area contributed by atoms with Gasteiger partial charge < -0.3 is 5.73 Å². The highest BCUT2D eigenvalue weighted by Gasteiger charge is 2.28. The van der Waals surface area contributed by atoms with E-state index in [1.54, 1.807) is 5.56 Å². The minimum absolute atomic E-state index is 0.526. The monoisotopic (exact) mass is 259 g/mol. The van der Waals surface area contributed by atoms with Crippen LogP contribution in [0.15, 0.2) is 24.3 Å². The maximum Gasteiger partial charge on any atom is -0.00772 e. The lowest BCUT2D eigenvalue weighted by Crippen LogP contribution is -2.21. The molecule has 106 valence electrons. The molecule has 1 fully saturated rings. The Morgan fingerprint density at radius 1 is 1.26 bits per heavy atom. The molecule has 1 aromatic carbocycles. The number of unbranched alkanes of at least 4 members (excludes halogenated alkanes) is 1. The molecular formula is C18H29N. The van der Waals surface area contributed by atoms with Gasteiger partial charge in [0.2, 0.25) is 0 Å². The van der Waals surface area contributed by atoms with Crippen molar-refractivity contribution in [2.45, 2.75) is 64.7 Å². The molecule has 1 aliphatic carbocycles. The summed E-state index contributed by atoms with van der Waals surface area (Å²) in [5.41, 5.74) is 9.16. The second-order valence-electron chi connectivity index (χ2n) is 6.95. The van der Waals surface area contributed by atoms with Gasteiger partial charge in [0.05, 0.1) is 0 Å². The number of aryl methyl sites for hydroxylation is 1. The second-order valence-corrected chi connectivity index (χ2v) is 6.95. The van der Waals surface area contributed by atoms with Crippen molar-refractivity contribution < 1.29 is 0 Å². The van der Waals surface area contributed by atoms with Crippen molar-refractivity contribution in [3.8, 4) is 0 Å². The van der Waals surface area contributed by atoms with Crippen LogP contribution in [0.3, 0.4) is 0 Å². The first kappa shape index (κ1) is 14.6. The molecular weight excluding hydrogens is 230 g/mol. The largest absolute Gasteiger partial charge is 0.330 e. The fourth-order valence-corrected chi connectivity index (χ4v) is 3.46. The standard InChI is InChI=1S/C18H29N/c1-18(2)11-6-10-17(14-18)16-9-5-8-15(13-16)7-3-4-12-19/h5,8-9,13,17H,3-4,6-7,10-12,14,19H2,1-2H3. The van der Waals surface area contributed by atoms with Crippen LogP contribution in [-0.4, -0.2) is 6.54 Å². The van der Waals surface area contributed by atoms with Crippen LogP contribution < -0.4 is 5.73 Å². The van der Waals surface area contributed by atoms with Crippen LogP contribution in [0, 0.1) is 5.41 Å². The van der Waals surface area contributed by atoms with E-state index in [4.69, 9.17) is 5.73 Å². The number of hydrogen-bond acceptors (Lipinski definition) is 1. The second kappa shape index (κ2) is 6.56. The van der Waals surface area contributed by atoms with Crippen LogP contribution in [-0.2, 0) is 6.42 Å². The molecule has 0 radical (unpaired) electrons. The average molecular weight is 259 g/mol. The van der Waals surface area contributed by atoms with Gasteiger partial charge in [-0.2, -0.15) is 0 Å². The summed E-state index contributed by atoms with van der Waals surface area (Å²) in [6.07, 6.45) is 9.03. The molecule has 2 rings (SSSR count). The Bertz CT molecular complexity index is 394. The van der Waals surface area contributed by atoms with E-state index in [0.29, 0.717) is 5.41 Å². The lowest BCUT2D eigenvalue weighted by molar-refractivity contribution is 0.219. The normalized spacial score (nSPS) is 22.4. The van der Waals surface area contributed by atoms with Gasteiger partial charge in [0.25, 0.3) is 0 Å². The summed E-state index contributed by atoms with van der Waals surface area (Å²) in [6.45, 7) is 5.66. The predicted octanol–water partition coefficient (Wildman–Crippen LogP) is 4.65. The summed E-state index contributed by atoms with van der Waals surface area (Å²) in [7, 11) is 0. The molecule has 0 saturated heterocycles. The molecule has 0 spiro atoms. The highest BCUT2D eigenvalue weighted by atomic mass is 14.5. The molecule has 0 heterocycles. The zero-order chi connectivity index (χ0) is 13.7. The topological polar surface area (TPSA) is 26.0 Å². The molecule has 0 aromatic heterocycles. The minimum Gasteiger partial charge on any atom is -0.330 e. The van der Waals surface area contributed by atoms with Crippen LogP contribution in [0.4, 0.5) is 0 Å². The molecule has 0 amide bonds. The Hall–Kier alpha value is -0.820. The van der Waals surface area contributed by atoms with Crippen LogP contribution in [0.2, 0.25) is 0 Å². The summed E-state index contributed by atoms with van der Waals surface area (Å²) in [4.78, 5) is 0. The van der Waals surface area contributed by atoms with Crippen LogP contribution in [0.1, 0.15) is 69.4 Å². The minimum atomic E-state index is 0.526. The van der Waals surface area contributed by atoms with E-state index in [1.165, 1.54) is 44.1 Å². The summed E-state index contributed by atoms with van der Waals surface area (Å²) in [5, 5.41) is 0. The molecule has 1 nitrogen and oxygen atoms in total. The van der Waals surface area contributed by atoms with Crippen molar-refractivity contribution in [1.82, 2.24) is 0 Å². The third-order valence-electron chi connectivity index (χ3n) is 4.55. The van der Waals surface area contributed by atoms with Gasteiger partial charge >= 0.3 is 0 Å². The quantitative estimate of drug-likeness (QED) is 0.765. The van der Waals surface area contributed by atoms with Crippen LogP contribution >= 0.6 is 0 Å². The SMILES string of the molecule is CC1(C)CCCC(c2cccc(CCCCN)c2)C1. The Labute approximate surface area is 118 Å². The predicted molar refractivity (Wildman–Crippen MR) is 83.4 cm³/mol. The number of nitrogens with two attached hydrogens (primary N) is 1. The molecule has 1 heteroatoms. The first-order valence-corrected chi connectivity index (χ1v) is 7.90. The zero-order valence-electron chi connectivity index (χ0n) is 12.6. The maximum absolute atomic E-state index is 5.57. The van der Waals surface area contributed by atoms with Gasteiger partial charge in [-0.05, 0) is 67.5 Å². The van der Waals surface area contributed by atoms with E-state index in [1.807, 2.05) is 0 Å². The van der Waals surface area contributed by atoms with E-state index in [9.17, 15) is 0 Å². The molecule has 1 atom stereocenters. The third-order valence-corrected chi connectivity index (χ3v) is 4.55. The zero-order valence-corrected chi connectivity index (χ0v) is 12.6. The van der Waals surface area contributed by atoms with E-state index < -0.39 is 0 Å². The molecule has 1 aliphatic rings. The fourth-order valence-electron chi connectivity index (χ4n) is 3.46. The van der Waals surface area contributed by atoms with Crippen molar-refractivity contribution in [2.75, 3.05) is 6.54 Å². The van der Waals surface area contributed by atoms with Crippen LogP contribution in [0.5, 0.6) is 0 Å². The highest BCUT2D eigenvalue weighted by molar-refractivity contribution is 5.27. The van der Waals surface area contributed by atoms with Gasteiger partial charge in [0.1, 0.15) is 0 Å². The number of hydrogen-bond donors (Lipinski definition) is 1. The fraction of sp³-hybridized carbons (Fsp3) is 0.667. The third kappa shape index (κ3) is 4.35. The summed E-state index contributed by atoms with van der Waals surface area (Å²) >= 11 is 0. The molecule has 0 aliphatic heterocycles. The van der Waals surface area contributed by atoms with Crippen LogP contribution in [0.25, 0.3) is 0 Å². The molecule has 1 unspecified atom stereocenters. The molecule has 1 saturated carbocycles. The highest BCUT2D eigenvalue weighted by Crippen LogP contribution is 2.43. The Morgan fingerprint density at radius 2 is 2.11 bits per heavy atom. The summed E-state index contributed by atoms with van der Waals surface area (Å²) in [5.74, 6) is 0.776.